The van der Waals surface area contributed by atoms with Crippen molar-refractivity contribution in [1.29, 1.82) is 0 Å². The van der Waals surface area contributed by atoms with Crippen LogP contribution >= 0.6 is 0 Å². The van der Waals surface area contributed by atoms with Gasteiger partial charge in [0, 0.05) is 29.4 Å². The van der Waals surface area contributed by atoms with Gasteiger partial charge in [0.25, 0.3) is 0 Å². The summed E-state index contributed by atoms with van der Waals surface area (Å²) in [6.45, 7) is 11.3. The van der Waals surface area contributed by atoms with Crippen LogP contribution in [0.2, 0.25) is 5.82 Å². The van der Waals surface area contributed by atoms with Crippen molar-refractivity contribution in [3.05, 3.63) is 77.9 Å². The van der Waals surface area contributed by atoms with Crippen LogP contribution in [0.5, 0.6) is 5.75 Å². The second-order valence-electron chi connectivity index (χ2n) is 8.18. The Labute approximate surface area is 186 Å². The summed E-state index contributed by atoms with van der Waals surface area (Å²) in [5, 5.41) is 8.89. The Kier molecular flexibility index (Phi) is 9.38. The topological polar surface area (TPSA) is 64.4 Å². The normalized spacial score (nSPS) is 12.3. The van der Waals surface area contributed by atoms with Gasteiger partial charge < -0.3 is 14.4 Å². The maximum absolute atomic E-state index is 10.8. The van der Waals surface area contributed by atoms with Gasteiger partial charge in [0.15, 0.2) is 0 Å². The molecule has 6 heteroatoms. The number of benzene rings is 1. The van der Waals surface area contributed by atoms with Crippen molar-refractivity contribution in [1.82, 2.24) is 9.55 Å². The highest BCUT2D eigenvalue weighted by atomic mass is 16.5. The van der Waals surface area contributed by atoms with E-state index in [1.54, 1.807) is 0 Å². The van der Waals surface area contributed by atoms with Gasteiger partial charge in [-0.2, -0.15) is 0 Å². The fourth-order valence-corrected chi connectivity index (χ4v) is 3.34. The molecule has 0 spiro atoms. The van der Waals surface area contributed by atoms with Crippen LogP contribution in [-0.2, 0) is 11.3 Å². The molecule has 2 aromatic rings. The van der Waals surface area contributed by atoms with Crippen molar-refractivity contribution in [3.8, 4) is 5.75 Å². The lowest BCUT2D eigenvalue weighted by atomic mass is 9.81. The zero-order valence-corrected chi connectivity index (χ0v) is 19.1. The summed E-state index contributed by atoms with van der Waals surface area (Å²) in [4.78, 5) is 15.4. The van der Waals surface area contributed by atoms with Crippen LogP contribution in [-0.4, -0.2) is 35.1 Å². The van der Waals surface area contributed by atoms with Gasteiger partial charge >= 0.3 is 5.97 Å². The summed E-state index contributed by atoms with van der Waals surface area (Å²) in [5.74, 6) is 1.13. The minimum Gasteiger partial charge on any atom is -0.493 e. The molecule has 2 rings (SSSR count). The predicted octanol–water partition coefficient (Wildman–Crippen LogP) is 4.83. The molecule has 0 amide bonds. The Bertz CT molecular complexity index is 955. The van der Waals surface area contributed by atoms with E-state index in [0.717, 1.165) is 41.2 Å². The molecule has 0 saturated heterocycles. The fourth-order valence-electron chi connectivity index (χ4n) is 3.34. The predicted molar refractivity (Wildman–Crippen MR) is 129 cm³/mol. The Morgan fingerprint density at radius 2 is 2.06 bits per heavy atom. The van der Waals surface area contributed by atoms with Crippen LogP contribution < -0.4 is 4.74 Å². The van der Waals surface area contributed by atoms with E-state index in [-0.39, 0.29) is 12.2 Å². The molecule has 0 fully saturated rings. The van der Waals surface area contributed by atoms with E-state index in [0.29, 0.717) is 13.2 Å². The monoisotopic (exact) mass is 420 g/mol. The first-order valence-electron chi connectivity index (χ1n) is 10.7. The zero-order chi connectivity index (χ0) is 22.8. The number of allylic oxidation sites excluding steroid dienone is 5. The SMILES string of the molecule is B[C@H](CCCOc1ccccc1Cn1c(C)cnc1/C(C=C)=C/C=C(C)C)CC(=O)O. The zero-order valence-electron chi connectivity index (χ0n) is 19.1. The van der Waals surface area contributed by atoms with Crippen LogP contribution in [0.15, 0.2) is 60.8 Å². The minimum atomic E-state index is -0.747. The van der Waals surface area contributed by atoms with Gasteiger partial charge in [-0.3, -0.25) is 4.79 Å². The number of rotatable bonds is 12. The van der Waals surface area contributed by atoms with Crippen LogP contribution in [0.4, 0.5) is 0 Å². The summed E-state index contributed by atoms with van der Waals surface area (Å²) in [7, 11) is 1.96. The van der Waals surface area contributed by atoms with E-state index in [9.17, 15) is 4.79 Å². The first-order valence-corrected chi connectivity index (χ1v) is 10.7. The number of imidazole rings is 1. The third kappa shape index (κ3) is 7.63. The molecule has 0 aliphatic rings. The molecule has 0 radical (unpaired) electrons. The number of carboxylic acid groups (broad SMARTS) is 1. The average molecular weight is 420 g/mol. The standard InChI is InChI=1S/C25H33BN2O3/c1-5-20(13-12-18(2)3)25-27-16-19(4)28(25)17-21-9-6-7-11-23(21)31-14-8-10-22(26)15-24(29)30/h5-7,9,11-13,16,22H,1,8,10,14-15,17,26H2,2-4H3,(H,29,30)/b20-13+/t22-/m1/s1. The second-order valence-corrected chi connectivity index (χ2v) is 8.18. The number of hydrogen-bond donors (Lipinski definition) is 1. The number of aliphatic carboxylic acids is 1. The smallest absolute Gasteiger partial charge is 0.302 e. The molecule has 1 aromatic carbocycles. The number of hydrogen-bond acceptors (Lipinski definition) is 3. The van der Waals surface area contributed by atoms with Crippen LogP contribution in [0, 0.1) is 6.92 Å². The van der Waals surface area contributed by atoms with Crippen molar-refractivity contribution in [2.75, 3.05) is 6.61 Å². The molecule has 1 aromatic heterocycles. The van der Waals surface area contributed by atoms with Crippen LogP contribution in [0.1, 0.15) is 50.2 Å². The van der Waals surface area contributed by atoms with Gasteiger partial charge in [0.05, 0.1) is 13.2 Å². The van der Waals surface area contributed by atoms with E-state index in [4.69, 9.17) is 9.84 Å². The van der Waals surface area contributed by atoms with E-state index < -0.39 is 5.97 Å². The lowest BCUT2D eigenvalue weighted by molar-refractivity contribution is -0.137. The van der Waals surface area contributed by atoms with Gasteiger partial charge in [-0.15, -0.1) is 0 Å². The Morgan fingerprint density at radius 1 is 1.32 bits per heavy atom. The molecule has 31 heavy (non-hydrogen) atoms. The van der Waals surface area contributed by atoms with Gasteiger partial charge in [0.1, 0.15) is 19.4 Å². The van der Waals surface area contributed by atoms with Gasteiger partial charge in [-0.25, -0.2) is 4.98 Å². The van der Waals surface area contributed by atoms with Crippen LogP contribution in [0.25, 0.3) is 5.57 Å². The number of ether oxygens (including phenoxy) is 1. The molecule has 1 heterocycles. The highest BCUT2D eigenvalue weighted by Crippen LogP contribution is 2.24. The number of nitrogens with zero attached hydrogens (tertiary/aromatic N) is 2. The lowest BCUT2D eigenvalue weighted by Crippen LogP contribution is -2.09. The Hall–Kier alpha value is -3.02. The molecule has 1 atom stereocenters. The van der Waals surface area contributed by atoms with Crippen molar-refractivity contribution in [2.45, 2.75) is 52.4 Å². The molecule has 0 bridgehead atoms. The molecule has 0 aliphatic carbocycles. The minimum absolute atomic E-state index is 0.150. The van der Waals surface area contributed by atoms with E-state index in [1.807, 2.05) is 51.3 Å². The number of aromatic nitrogens is 2. The Balaban J connectivity index is 2.14. The molecule has 0 aliphatic heterocycles. The quantitative estimate of drug-likeness (QED) is 0.304. The van der Waals surface area contributed by atoms with E-state index in [2.05, 4.69) is 42.1 Å². The summed E-state index contributed by atoms with van der Waals surface area (Å²) in [5.41, 5.74) is 4.33. The summed E-state index contributed by atoms with van der Waals surface area (Å²) in [6.07, 6.45) is 9.67. The summed E-state index contributed by atoms with van der Waals surface area (Å²) in [6, 6.07) is 8.03. The number of carbonyl (C=O) groups is 1. The van der Waals surface area contributed by atoms with Crippen molar-refractivity contribution >= 4 is 19.4 Å². The van der Waals surface area contributed by atoms with Gasteiger partial charge in [-0.1, -0.05) is 60.8 Å². The van der Waals surface area contributed by atoms with Gasteiger partial charge in [0.2, 0.25) is 0 Å². The number of aryl methyl sites for hydroxylation is 1. The maximum atomic E-state index is 10.8. The third-order valence-corrected chi connectivity index (χ3v) is 5.05. The molecule has 0 unspecified atom stereocenters. The first kappa shape index (κ1) is 24.3. The molecule has 5 nitrogen and oxygen atoms in total. The lowest BCUT2D eigenvalue weighted by Gasteiger charge is -2.15. The molecule has 1 N–H and O–H groups in total. The number of para-hydroxylation sites is 1. The van der Waals surface area contributed by atoms with E-state index in [1.165, 1.54) is 5.57 Å². The summed E-state index contributed by atoms with van der Waals surface area (Å²) < 4.78 is 8.23. The highest BCUT2D eigenvalue weighted by Gasteiger charge is 2.13. The third-order valence-electron chi connectivity index (χ3n) is 5.05. The highest BCUT2D eigenvalue weighted by molar-refractivity contribution is 6.12. The van der Waals surface area contributed by atoms with Crippen molar-refractivity contribution in [3.63, 3.8) is 0 Å². The Morgan fingerprint density at radius 3 is 2.74 bits per heavy atom. The average Bonchev–Trinajstić information content (AvgIpc) is 3.06. The molecule has 0 saturated carbocycles. The summed E-state index contributed by atoms with van der Waals surface area (Å²) >= 11 is 0. The largest absolute Gasteiger partial charge is 0.493 e. The number of carboxylic acids is 1. The fraction of sp³-hybridized carbons (Fsp3) is 0.360. The first-order chi connectivity index (χ1) is 14.8. The van der Waals surface area contributed by atoms with Crippen molar-refractivity contribution in [2.24, 2.45) is 0 Å². The maximum Gasteiger partial charge on any atom is 0.302 e. The van der Waals surface area contributed by atoms with Crippen molar-refractivity contribution < 1.29 is 14.6 Å². The second kappa shape index (κ2) is 12.0. The molecular weight excluding hydrogens is 387 g/mol. The molecule has 164 valence electrons. The molecular formula is C25H33BN2O3. The van der Waals surface area contributed by atoms with Crippen LogP contribution in [0.3, 0.4) is 0 Å². The van der Waals surface area contributed by atoms with Gasteiger partial charge in [-0.05, 0) is 33.3 Å². The van der Waals surface area contributed by atoms with E-state index >= 15 is 0 Å².